The molecule has 3 aromatic rings. The Bertz CT molecular complexity index is 891. The van der Waals surface area contributed by atoms with E-state index in [1.807, 2.05) is 63.2 Å². The minimum atomic E-state index is -0.408. The van der Waals surface area contributed by atoms with Crippen LogP contribution in [-0.2, 0) is 4.79 Å². The van der Waals surface area contributed by atoms with Crippen molar-refractivity contribution in [1.29, 1.82) is 0 Å². The number of amides is 1. The number of anilines is 2. The first-order valence-corrected chi connectivity index (χ1v) is 10.4. The summed E-state index contributed by atoms with van der Waals surface area (Å²) in [6.45, 7) is 6.85. The van der Waals surface area contributed by atoms with E-state index in [9.17, 15) is 4.79 Å². The third kappa shape index (κ3) is 5.30. The second kappa shape index (κ2) is 9.01. The molecule has 0 aliphatic carbocycles. The van der Waals surface area contributed by atoms with Crippen molar-refractivity contribution >= 4 is 39.8 Å². The molecule has 5 nitrogen and oxygen atoms in total. The van der Waals surface area contributed by atoms with E-state index in [-0.39, 0.29) is 5.91 Å². The molecule has 0 saturated heterocycles. The monoisotopic (exact) mass is 398 g/mol. The highest BCUT2D eigenvalue weighted by molar-refractivity contribution is 8.02. The lowest BCUT2D eigenvalue weighted by atomic mass is 10.1. The summed E-state index contributed by atoms with van der Waals surface area (Å²) in [6.07, 6.45) is 0. The van der Waals surface area contributed by atoms with Crippen LogP contribution in [0.4, 0.5) is 10.8 Å². The largest absolute Gasteiger partial charge is 0.360 e. The molecule has 0 fully saturated rings. The number of aromatic nitrogens is 2. The average Bonchev–Trinajstić information content (AvgIpc) is 3.07. The fourth-order valence-corrected chi connectivity index (χ4v) is 4.75. The van der Waals surface area contributed by atoms with Crippen molar-refractivity contribution < 1.29 is 4.79 Å². The minimum absolute atomic E-state index is 0.0728. The standard InChI is InChI=1S/C20H22N4OS2/c1-4-21-19-23-24-20(27-19)26-17(15-8-6-5-7-9-15)18(25)22-16-11-13(2)10-14(3)12-16/h5-12,17H,4H2,1-3H3,(H,21,23)(H,22,25). The third-order valence-electron chi connectivity index (χ3n) is 3.78. The third-order valence-corrected chi connectivity index (χ3v) is 6.00. The van der Waals surface area contributed by atoms with Gasteiger partial charge in [-0.1, -0.05) is 59.5 Å². The van der Waals surface area contributed by atoms with Gasteiger partial charge in [-0.3, -0.25) is 4.79 Å². The Hall–Kier alpha value is -2.38. The number of aryl methyl sites for hydroxylation is 2. The summed E-state index contributed by atoms with van der Waals surface area (Å²) in [7, 11) is 0. The van der Waals surface area contributed by atoms with Crippen molar-refractivity contribution in [3.8, 4) is 0 Å². The highest BCUT2D eigenvalue weighted by Crippen LogP contribution is 2.38. The molecule has 1 amide bonds. The Kier molecular flexibility index (Phi) is 6.47. The van der Waals surface area contributed by atoms with Gasteiger partial charge in [0.1, 0.15) is 5.25 Å². The Morgan fingerprint density at radius 3 is 2.48 bits per heavy atom. The number of benzene rings is 2. The molecular formula is C20H22N4OS2. The van der Waals surface area contributed by atoms with Crippen molar-refractivity contribution in [2.24, 2.45) is 0 Å². The summed E-state index contributed by atoms with van der Waals surface area (Å²) < 4.78 is 0.760. The van der Waals surface area contributed by atoms with Crippen molar-refractivity contribution in [3.63, 3.8) is 0 Å². The van der Waals surface area contributed by atoms with Crippen LogP contribution in [0.2, 0.25) is 0 Å². The molecule has 0 radical (unpaired) electrons. The van der Waals surface area contributed by atoms with Crippen LogP contribution in [0.5, 0.6) is 0 Å². The van der Waals surface area contributed by atoms with E-state index in [1.54, 1.807) is 0 Å². The van der Waals surface area contributed by atoms with Crippen molar-refractivity contribution in [2.75, 3.05) is 17.2 Å². The first-order chi connectivity index (χ1) is 13.0. The van der Waals surface area contributed by atoms with E-state index in [4.69, 9.17) is 0 Å². The quantitative estimate of drug-likeness (QED) is 0.545. The van der Waals surface area contributed by atoms with Crippen molar-refractivity contribution in [3.05, 3.63) is 65.2 Å². The fraction of sp³-hybridized carbons (Fsp3) is 0.250. The normalized spacial score (nSPS) is 11.8. The molecule has 7 heteroatoms. The zero-order valence-electron chi connectivity index (χ0n) is 15.5. The number of hydrogen-bond acceptors (Lipinski definition) is 6. The van der Waals surface area contributed by atoms with Crippen molar-refractivity contribution in [2.45, 2.75) is 30.4 Å². The van der Waals surface area contributed by atoms with E-state index >= 15 is 0 Å². The van der Waals surface area contributed by atoms with Crippen LogP contribution < -0.4 is 10.6 Å². The molecule has 0 saturated carbocycles. The second-order valence-electron chi connectivity index (χ2n) is 6.18. The molecule has 27 heavy (non-hydrogen) atoms. The van der Waals surface area contributed by atoms with Gasteiger partial charge < -0.3 is 10.6 Å². The zero-order valence-corrected chi connectivity index (χ0v) is 17.2. The van der Waals surface area contributed by atoms with Crippen LogP contribution in [0, 0.1) is 13.8 Å². The van der Waals surface area contributed by atoms with Crippen LogP contribution in [0.1, 0.15) is 28.9 Å². The number of thioether (sulfide) groups is 1. The SMILES string of the molecule is CCNc1nnc(SC(C(=O)Nc2cc(C)cc(C)c2)c2ccccc2)s1. The van der Waals surface area contributed by atoms with Crippen LogP contribution in [0.3, 0.4) is 0 Å². The summed E-state index contributed by atoms with van der Waals surface area (Å²) in [6, 6.07) is 15.8. The molecule has 0 aliphatic heterocycles. The lowest BCUT2D eigenvalue weighted by molar-refractivity contribution is -0.115. The van der Waals surface area contributed by atoms with E-state index in [0.717, 1.165) is 38.4 Å². The van der Waals surface area contributed by atoms with Crippen LogP contribution in [0.25, 0.3) is 0 Å². The summed E-state index contributed by atoms with van der Waals surface area (Å²) in [5, 5.41) is 14.9. The predicted molar refractivity (Wildman–Crippen MR) is 114 cm³/mol. The highest BCUT2D eigenvalue weighted by atomic mass is 32.2. The van der Waals surface area contributed by atoms with Gasteiger partial charge in [-0.05, 0) is 49.6 Å². The number of hydrogen-bond donors (Lipinski definition) is 2. The summed E-state index contributed by atoms with van der Waals surface area (Å²) in [5.41, 5.74) is 3.98. The smallest absolute Gasteiger partial charge is 0.242 e. The molecule has 0 spiro atoms. The predicted octanol–water partition coefficient (Wildman–Crippen LogP) is 5.06. The molecule has 0 bridgehead atoms. The first-order valence-electron chi connectivity index (χ1n) is 8.73. The van der Waals surface area contributed by atoms with Gasteiger partial charge in [0, 0.05) is 12.2 Å². The second-order valence-corrected chi connectivity index (χ2v) is 8.51. The van der Waals surface area contributed by atoms with Crippen molar-refractivity contribution in [1.82, 2.24) is 10.2 Å². The maximum atomic E-state index is 13.1. The zero-order chi connectivity index (χ0) is 19.2. The van der Waals surface area contributed by atoms with Gasteiger partial charge in [-0.2, -0.15) is 0 Å². The summed E-state index contributed by atoms with van der Waals surface area (Å²) in [5.74, 6) is -0.0728. The van der Waals surface area contributed by atoms with Gasteiger partial charge in [0.15, 0.2) is 4.34 Å². The van der Waals surface area contributed by atoms with Crippen LogP contribution in [-0.4, -0.2) is 22.6 Å². The van der Waals surface area contributed by atoms with E-state index in [2.05, 4.69) is 26.9 Å². The first kappa shape index (κ1) is 19.4. The van der Waals surface area contributed by atoms with E-state index in [1.165, 1.54) is 23.1 Å². The topological polar surface area (TPSA) is 66.9 Å². The minimum Gasteiger partial charge on any atom is -0.360 e. The number of nitrogens with zero attached hydrogens (tertiary/aromatic N) is 2. The Labute approximate surface area is 167 Å². The van der Waals surface area contributed by atoms with Gasteiger partial charge in [0.2, 0.25) is 11.0 Å². The molecule has 3 rings (SSSR count). The van der Waals surface area contributed by atoms with Gasteiger partial charge in [0.05, 0.1) is 0 Å². The molecule has 1 heterocycles. The highest BCUT2D eigenvalue weighted by Gasteiger charge is 2.24. The lowest BCUT2D eigenvalue weighted by Crippen LogP contribution is -2.19. The van der Waals surface area contributed by atoms with Crippen LogP contribution in [0.15, 0.2) is 52.9 Å². The summed E-state index contributed by atoms with van der Waals surface area (Å²) >= 11 is 2.88. The van der Waals surface area contributed by atoms with E-state index in [0.29, 0.717) is 0 Å². The number of carbonyl (C=O) groups is 1. The molecule has 0 aliphatic rings. The average molecular weight is 399 g/mol. The Morgan fingerprint density at radius 2 is 1.81 bits per heavy atom. The van der Waals surface area contributed by atoms with E-state index < -0.39 is 5.25 Å². The molecule has 1 unspecified atom stereocenters. The van der Waals surface area contributed by atoms with Gasteiger partial charge >= 0.3 is 0 Å². The Morgan fingerprint density at radius 1 is 1.11 bits per heavy atom. The summed E-state index contributed by atoms with van der Waals surface area (Å²) in [4.78, 5) is 13.1. The van der Waals surface area contributed by atoms with Gasteiger partial charge in [-0.25, -0.2) is 0 Å². The molecule has 1 aromatic heterocycles. The van der Waals surface area contributed by atoms with Gasteiger partial charge in [-0.15, -0.1) is 10.2 Å². The molecule has 2 aromatic carbocycles. The number of nitrogens with one attached hydrogen (secondary N) is 2. The number of carbonyl (C=O) groups excluding carboxylic acids is 1. The Balaban J connectivity index is 1.83. The fourth-order valence-electron chi connectivity index (χ4n) is 2.74. The number of rotatable bonds is 7. The maximum absolute atomic E-state index is 13.1. The van der Waals surface area contributed by atoms with Gasteiger partial charge in [0.25, 0.3) is 0 Å². The molecule has 1 atom stereocenters. The molecular weight excluding hydrogens is 376 g/mol. The maximum Gasteiger partial charge on any atom is 0.242 e. The molecule has 140 valence electrons. The lowest BCUT2D eigenvalue weighted by Gasteiger charge is -2.16. The van der Waals surface area contributed by atoms with Crippen LogP contribution >= 0.6 is 23.1 Å². The molecule has 2 N–H and O–H groups in total.